The standard InChI is InChI=1S/C10H14BrN3O3S/c1-7-4-9(12-10(15)5-11)14(13-7)8-2-3-18(16,17)6-8/h4,8H,2-3,5-6H2,1H3,(H,12,15). The lowest BCUT2D eigenvalue weighted by atomic mass is 10.3. The molecule has 0 saturated carbocycles. The van der Waals surface area contributed by atoms with Gasteiger partial charge in [-0.2, -0.15) is 5.10 Å². The van der Waals surface area contributed by atoms with Crippen molar-refractivity contribution >= 4 is 37.5 Å². The number of aromatic nitrogens is 2. The van der Waals surface area contributed by atoms with Gasteiger partial charge >= 0.3 is 0 Å². The molecule has 2 heterocycles. The van der Waals surface area contributed by atoms with Crippen LogP contribution >= 0.6 is 15.9 Å². The van der Waals surface area contributed by atoms with Crippen molar-refractivity contribution in [3.8, 4) is 0 Å². The van der Waals surface area contributed by atoms with Crippen molar-refractivity contribution in [2.45, 2.75) is 19.4 Å². The number of carbonyl (C=O) groups excluding carboxylic acids is 1. The van der Waals surface area contributed by atoms with E-state index in [1.807, 2.05) is 6.92 Å². The van der Waals surface area contributed by atoms with Gasteiger partial charge in [0.1, 0.15) is 5.82 Å². The first kappa shape index (κ1) is 13.5. The average molecular weight is 336 g/mol. The zero-order valence-corrected chi connectivity index (χ0v) is 12.3. The predicted molar refractivity (Wildman–Crippen MR) is 71.7 cm³/mol. The lowest BCUT2D eigenvalue weighted by Crippen LogP contribution is -2.19. The van der Waals surface area contributed by atoms with Crippen LogP contribution in [-0.2, 0) is 14.6 Å². The number of aryl methyl sites for hydroxylation is 1. The molecule has 0 aromatic carbocycles. The third-order valence-electron chi connectivity index (χ3n) is 2.80. The van der Waals surface area contributed by atoms with Crippen molar-refractivity contribution in [1.29, 1.82) is 0 Å². The SMILES string of the molecule is Cc1cc(NC(=O)CBr)n(C2CCS(=O)(=O)C2)n1. The summed E-state index contributed by atoms with van der Waals surface area (Å²) in [5.74, 6) is 0.643. The molecule has 8 heteroatoms. The van der Waals surface area contributed by atoms with Gasteiger partial charge in [0.2, 0.25) is 5.91 Å². The van der Waals surface area contributed by atoms with Crippen LogP contribution in [0.25, 0.3) is 0 Å². The normalized spacial score (nSPS) is 22.0. The summed E-state index contributed by atoms with van der Waals surface area (Å²) in [6.45, 7) is 1.81. The minimum atomic E-state index is -2.97. The largest absolute Gasteiger partial charge is 0.310 e. The van der Waals surface area contributed by atoms with E-state index in [2.05, 4.69) is 26.3 Å². The number of carbonyl (C=O) groups is 1. The third-order valence-corrected chi connectivity index (χ3v) is 5.06. The molecule has 100 valence electrons. The van der Waals surface area contributed by atoms with Gasteiger partial charge in [-0.25, -0.2) is 13.1 Å². The summed E-state index contributed by atoms with van der Waals surface area (Å²) in [5, 5.41) is 7.17. The summed E-state index contributed by atoms with van der Waals surface area (Å²) in [5.41, 5.74) is 0.754. The Labute approximate surface area is 114 Å². The van der Waals surface area contributed by atoms with E-state index in [1.165, 1.54) is 0 Å². The zero-order chi connectivity index (χ0) is 13.3. The molecule has 0 spiro atoms. The van der Waals surface area contributed by atoms with Gasteiger partial charge in [-0.3, -0.25) is 4.79 Å². The van der Waals surface area contributed by atoms with Crippen LogP contribution < -0.4 is 5.32 Å². The molecule has 6 nitrogen and oxygen atoms in total. The number of hydrogen-bond donors (Lipinski definition) is 1. The molecule has 1 atom stereocenters. The van der Waals surface area contributed by atoms with Crippen molar-refractivity contribution in [2.24, 2.45) is 0 Å². The van der Waals surface area contributed by atoms with Gasteiger partial charge < -0.3 is 5.32 Å². The highest BCUT2D eigenvalue weighted by Crippen LogP contribution is 2.27. The first-order chi connectivity index (χ1) is 8.41. The van der Waals surface area contributed by atoms with E-state index in [0.717, 1.165) is 5.69 Å². The summed E-state index contributed by atoms with van der Waals surface area (Å²) in [7, 11) is -2.97. The van der Waals surface area contributed by atoms with Gasteiger partial charge in [-0.1, -0.05) is 15.9 Å². The molecule has 1 aromatic heterocycles. The Kier molecular flexibility index (Phi) is 3.76. The number of rotatable bonds is 3. The van der Waals surface area contributed by atoms with E-state index in [1.54, 1.807) is 10.7 Å². The Morgan fingerprint density at radius 2 is 2.39 bits per heavy atom. The Balaban J connectivity index is 2.25. The van der Waals surface area contributed by atoms with E-state index in [-0.39, 0.29) is 28.8 Å². The highest BCUT2D eigenvalue weighted by atomic mass is 79.9. The second kappa shape index (κ2) is 5.00. The fraction of sp³-hybridized carbons (Fsp3) is 0.600. The van der Waals surface area contributed by atoms with Crippen LogP contribution in [0.4, 0.5) is 5.82 Å². The van der Waals surface area contributed by atoms with Gasteiger partial charge in [-0.15, -0.1) is 0 Å². The first-order valence-electron chi connectivity index (χ1n) is 5.53. The number of amides is 1. The van der Waals surface area contributed by atoms with E-state index in [0.29, 0.717) is 12.2 Å². The van der Waals surface area contributed by atoms with E-state index in [9.17, 15) is 13.2 Å². The van der Waals surface area contributed by atoms with Crippen molar-refractivity contribution in [3.05, 3.63) is 11.8 Å². The van der Waals surface area contributed by atoms with Crippen molar-refractivity contribution in [1.82, 2.24) is 9.78 Å². The maximum absolute atomic E-state index is 11.5. The molecule has 18 heavy (non-hydrogen) atoms. The van der Waals surface area contributed by atoms with Gasteiger partial charge in [0.05, 0.1) is 28.6 Å². The van der Waals surface area contributed by atoms with Gasteiger partial charge in [-0.05, 0) is 13.3 Å². The van der Waals surface area contributed by atoms with Crippen LogP contribution in [0.5, 0.6) is 0 Å². The van der Waals surface area contributed by atoms with Gasteiger partial charge in [0, 0.05) is 6.07 Å². The number of alkyl halides is 1. The van der Waals surface area contributed by atoms with Crippen molar-refractivity contribution < 1.29 is 13.2 Å². The molecule has 0 radical (unpaired) electrons. The molecule has 0 bridgehead atoms. The first-order valence-corrected chi connectivity index (χ1v) is 8.48. The summed E-state index contributed by atoms with van der Waals surface area (Å²) >= 11 is 3.07. The van der Waals surface area contributed by atoms with Crippen LogP contribution in [0.15, 0.2) is 6.07 Å². The highest BCUT2D eigenvalue weighted by molar-refractivity contribution is 9.09. The molecule has 1 unspecified atom stereocenters. The number of anilines is 1. The fourth-order valence-corrected chi connectivity index (χ4v) is 3.87. The maximum Gasteiger partial charge on any atom is 0.236 e. The fourth-order valence-electron chi connectivity index (χ4n) is 2.03. The van der Waals surface area contributed by atoms with Crippen LogP contribution in [0, 0.1) is 6.92 Å². The molecular weight excluding hydrogens is 322 g/mol. The molecule has 1 amide bonds. The Morgan fingerprint density at radius 3 is 2.94 bits per heavy atom. The Hall–Kier alpha value is -0.890. The van der Waals surface area contributed by atoms with Crippen molar-refractivity contribution in [2.75, 3.05) is 22.2 Å². The van der Waals surface area contributed by atoms with E-state index < -0.39 is 9.84 Å². The second-order valence-corrected chi connectivity index (χ2v) is 7.14. The molecule has 1 saturated heterocycles. The third kappa shape index (κ3) is 2.92. The molecule has 1 aliphatic heterocycles. The maximum atomic E-state index is 11.5. The van der Waals surface area contributed by atoms with Gasteiger partial charge in [0.15, 0.2) is 9.84 Å². The Morgan fingerprint density at radius 1 is 1.67 bits per heavy atom. The number of sulfone groups is 1. The zero-order valence-electron chi connectivity index (χ0n) is 9.89. The van der Waals surface area contributed by atoms with E-state index in [4.69, 9.17) is 0 Å². The van der Waals surface area contributed by atoms with Crippen LogP contribution in [0.2, 0.25) is 0 Å². The molecular formula is C10H14BrN3O3S. The average Bonchev–Trinajstić information content (AvgIpc) is 2.81. The van der Waals surface area contributed by atoms with E-state index >= 15 is 0 Å². The van der Waals surface area contributed by atoms with Crippen LogP contribution in [0.1, 0.15) is 18.2 Å². The molecule has 2 rings (SSSR count). The number of nitrogens with zero attached hydrogens (tertiary/aromatic N) is 2. The summed E-state index contributed by atoms with van der Waals surface area (Å²) in [6.07, 6.45) is 0.542. The highest BCUT2D eigenvalue weighted by Gasteiger charge is 2.31. The number of hydrogen-bond acceptors (Lipinski definition) is 4. The second-order valence-electron chi connectivity index (χ2n) is 4.35. The molecule has 1 aromatic rings. The summed E-state index contributed by atoms with van der Waals surface area (Å²) in [4.78, 5) is 11.4. The molecule has 1 fully saturated rings. The summed E-state index contributed by atoms with van der Waals surface area (Å²) in [6, 6.07) is 1.56. The Bertz CT molecular complexity index is 567. The topological polar surface area (TPSA) is 81.1 Å². The monoisotopic (exact) mass is 335 g/mol. The number of nitrogens with one attached hydrogen (secondary N) is 1. The lowest BCUT2D eigenvalue weighted by Gasteiger charge is -2.13. The van der Waals surface area contributed by atoms with Crippen LogP contribution in [-0.4, -0.2) is 40.9 Å². The predicted octanol–water partition coefficient (Wildman–Crippen LogP) is 0.885. The molecule has 1 N–H and O–H groups in total. The molecule has 0 aliphatic carbocycles. The summed E-state index contributed by atoms with van der Waals surface area (Å²) < 4.78 is 24.6. The van der Waals surface area contributed by atoms with Crippen molar-refractivity contribution in [3.63, 3.8) is 0 Å². The number of halogens is 1. The quantitative estimate of drug-likeness (QED) is 0.831. The lowest BCUT2D eigenvalue weighted by molar-refractivity contribution is -0.113. The van der Waals surface area contributed by atoms with Gasteiger partial charge in [0.25, 0.3) is 0 Å². The minimum Gasteiger partial charge on any atom is -0.310 e. The smallest absolute Gasteiger partial charge is 0.236 e. The van der Waals surface area contributed by atoms with Crippen LogP contribution in [0.3, 0.4) is 0 Å². The minimum absolute atomic E-state index is 0.0886. The molecule has 1 aliphatic rings.